The van der Waals surface area contributed by atoms with Gasteiger partial charge in [0.15, 0.2) is 0 Å². The van der Waals surface area contributed by atoms with Gasteiger partial charge in [-0.15, -0.1) is 11.8 Å². The standard InChI is InChI=1S/C14H16N2O2S/c1-9(2)8-15-13(17)7-12-14(18)16-10-5-3-4-6-11(10)19-12/h3-6,12H,1,7-8H2,2H3,(H,15,17)(H,16,18). The van der Waals surface area contributed by atoms with E-state index in [1.807, 2.05) is 31.2 Å². The van der Waals surface area contributed by atoms with Gasteiger partial charge in [-0.2, -0.15) is 0 Å². The Morgan fingerprint density at radius 1 is 1.47 bits per heavy atom. The Kier molecular flexibility index (Phi) is 4.27. The van der Waals surface area contributed by atoms with Gasteiger partial charge in [0.05, 0.1) is 10.9 Å². The van der Waals surface area contributed by atoms with Crippen LogP contribution in [0.1, 0.15) is 13.3 Å². The number of benzene rings is 1. The minimum Gasteiger partial charge on any atom is -0.352 e. The number of amides is 2. The van der Waals surface area contributed by atoms with Crippen LogP contribution in [-0.2, 0) is 9.59 Å². The number of fused-ring (bicyclic) bond motifs is 1. The van der Waals surface area contributed by atoms with E-state index in [1.165, 1.54) is 11.8 Å². The number of hydrogen-bond acceptors (Lipinski definition) is 3. The topological polar surface area (TPSA) is 58.2 Å². The molecule has 1 aromatic rings. The van der Waals surface area contributed by atoms with Gasteiger partial charge in [0.1, 0.15) is 0 Å². The van der Waals surface area contributed by atoms with Crippen molar-refractivity contribution in [3.05, 3.63) is 36.4 Å². The molecule has 1 aliphatic rings. The second-order valence-electron chi connectivity index (χ2n) is 4.53. The molecular weight excluding hydrogens is 260 g/mol. The number of carbonyl (C=O) groups excluding carboxylic acids is 2. The second-order valence-corrected chi connectivity index (χ2v) is 5.77. The Balaban J connectivity index is 1.97. The summed E-state index contributed by atoms with van der Waals surface area (Å²) in [5, 5.41) is 5.19. The highest BCUT2D eigenvalue weighted by molar-refractivity contribution is 8.01. The van der Waals surface area contributed by atoms with Crippen LogP contribution in [-0.4, -0.2) is 23.6 Å². The van der Waals surface area contributed by atoms with Gasteiger partial charge in [0.2, 0.25) is 11.8 Å². The maximum absolute atomic E-state index is 11.9. The quantitative estimate of drug-likeness (QED) is 0.829. The molecule has 100 valence electrons. The minimum absolute atomic E-state index is 0.117. The fourth-order valence-electron chi connectivity index (χ4n) is 1.72. The lowest BCUT2D eigenvalue weighted by molar-refractivity contribution is -0.123. The van der Waals surface area contributed by atoms with Gasteiger partial charge in [0.25, 0.3) is 0 Å². The van der Waals surface area contributed by atoms with Crippen LogP contribution in [0.5, 0.6) is 0 Å². The van der Waals surface area contributed by atoms with E-state index >= 15 is 0 Å². The molecule has 0 aliphatic carbocycles. The number of para-hydroxylation sites is 1. The van der Waals surface area contributed by atoms with Crippen molar-refractivity contribution < 1.29 is 9.59 Å². The van der Waals surface area contributed by atoms with Gasteiger partial charge < -0.3 is 10.6 Å². The first kappa shape index (κ1) is 13.7. The third-order valence-electron chi connectivity index (χ3n) is 2.66. The Hall–Kier alpha value is -1.75. The molecular formula is C14H16N2O2S. The first-order valence-electron chi connectivity index (χ1n) is 6.04. The highest BCUT2D eigenvalue weighted by Crippen LogP contribution is 2.36. The summed E-state index contributed by atoms with van der Waals surface area (Å²) in [5.74, 6) is -0.246. The predicted octanol–water partition coefficient (Wildman–Crippen LogP) is 2.18. The van der Waals surface area contributed by atoms with Crippen molar-refractivity contribution in [2.45, 2.75) is 23.5 Å². The molecule has 1 aliphatic heterocycles. The van der Waals surface area contributed by atoms with E-state index in [0.717, 1.165) is 16.2 Å². The molecule has 0 bridgehead atoms. The van der Waals surface area contributed by atoms with Crippen molar-refractivity contribution in [2.75, 3.05) is 11.9 Å². The van der Waals surface area contributed by atoms with Crippen molar-refractivity contribution in [3.8, 4) is 0 Å². The van der Waals surface area contributed by atoms with Crippen LogP contribution in [0, 0.1) is 0 Å². The smallest absolute Gasteiger partial charge is 0.238 e. The molecule has 1 unspecified atom stereocenters. The third kappa shape index (κ3) is 3.61. The molecule has 0 aromatic heterocycles. The lowest BCUT2D eigenvalue weighted by Gasteiger charge is -2.23. The van der Waals surface area contributed by atoms with E-state index in [0.29, 0.717) is 6.54 Å². The van der Waals surface area contributed by atoms with Crippen molar-refractivity contribution in [1.29, 1.82) is 0 Å². The molecule has 2 rings (SSSR count). The maximum Gasteiger partial charge on any atom is 0.238 e. The van der Waals surface area contributed by atoms with Gasteiger partial charge in [-0.3, -0.25) is 9.59 Å². The van der Waals surface area contributed by atoms with Crippen LogP contribution in [0.15, 0.2) is 41.3 Å². The Morgan fingerprint density at radius 2 is 2.21 bits per heavy atom. The number of anilines is 1. The van der Waals surface area contributed by atoms with Crippen LogP contribution in [0.25, 0.3) is 0 Å². The molecule has 0 saturated heterocycles. The average Bonchev–Trinajstić information content (AvgIpc) is 2.37. The monoisotopic (exact) mass is 276 g/mol. The molecule has 19 heavy (non-hydrogen) atoms. The fourth-order valence-corrected chi connectivity index (χ4v) is 2.83. The summed E-state index contributed by atoms with van der Waals surface area (Å²) in [5.41, 5.74) is 1.70. The summed E-state index contributed by atoms with van der Waals surface area (Å²) in [6, 6.07) is 7.59. The van der Waals surface area contributed by atoms with Gasteiger partial charge in [-0.1, -0.05) is 24.3 Å². The van der Waals surface area contributed by atoms with Crippen LogP contribution in [0.4, 0.5) is 5.69 Å². The molecule has 0 fully saturated rings. The Morgan fingerprint density at radius 3 is 2.95 bits per heavy atom. The van der Waals surface area contributed by atoms with Crippen molar-refractivity contribution in [1.82, 2.24) is 5.32 Å². The normalized spacial score (nSPS) is 17.3. The molecule has 0 saturated carbocycles. The van der Waals surface area contributed by atoms with Crippen LogP contribution >= 0.6 is 11.8 Å². The number of thioether (sulfide) groups is 1. The summed E-state index contributed by atoms with van der Waals surface area (Å²) in [7, 11) is 0. The minimum atomic E-state index is -0.375. The third-order valence-corrected chi connectivity index (χ3v) is 3.94. The summed E-state index contributed by atoms with van der Waals surface area (Å²) in [4.78, 5) is 24.6. The molecule has 5 heteroatoms. The lowest BCUT2D eigenvalue weighted by Crippen LogP contribution is -2.35. The van der Waals surface area contributed by atoms with Gasteiger partial charge in [-0.05, 0) is 19.1 Å². The fraction of sp³-hybridized carbons (Fsp3) is 0.286. The summed E-state index contributed by atoms with van der Waals surface area (Å²) >= 11 is 1.43. The summed E-state index contributed by atoms with van der Waals surface area (Å²) in [6.45, 7) is 6.02. The first-order valence-corrected chi connectivity index (χ1v) is 6.92. The SMILES string of the molecule is C=C(C)CNC(=O)CC1Sc2ccccc2NC1=O. The highest BCUT2D eigenvalue weighted by atomic mass is 32.2. The van der Waals surface area contributed by atoms with E-state index in [4.69, 9.17) is 0 Å². The summed E-state index contributed by atoms with van der Waals surface area (Å²) < 4.78 is 0. The molecule has 2 N–H and O–H groups in total. The number of carbonyl (C=O) groups is 2. The molecule has 4 nitrogen and oxygen atoms in total. The van der Waals surface area contributed by atoms with E-state index < -0.39 is 0 Å². The zero-order valence-electron chi connectivity index (χ0n) is 10.7. The van der Waals surface area contributed by atoms with Gasteiger partial charge in [0, 0.05) is 17.9 Å². The van der Waals surface area contributed by atoms with Crippen molar-refractivity contribution in [2.24, 2.45) is 0 Å². The molecule has 0 spiro atoms. The van der Waals surface area contributed by atoms with E-state index in [9.17, 15) is 9.59 Å². The zero-order chi connectivity index (χ0) is 13.8. The summed E-state index contributed by atoms with van der Waals surface area (Å²) in [6.07, 6.45) is 0.179. The number of nitrogens with one attached hydrogen (secondary N) is 2. The molecule has 2 amide bonds. The maximum atomic E-state index is 11.9. The van der Waals surface area contributed by atoms with E-state index in [2.05, 4.69) is 17.2 Å². The van der Waals surface area contributed by atoms with Crippen LogP contribution in [0.2, 0.25) is 0 Å². The van der Waals surface area contributed by atoms with E-state index in [-0.39, 0.29) is 23.5 Å². The first-order chi connectivity index (χ1) is 9.06. The Bertz CT molecular complexity index is 528. The zero-order valence-corrected chi connectivity index (χ0v) is 11.5. The molecule has 1 heterocycles. The average molecular weight is 276 g/mol. The number of rotatable bonds is 4. The molecule has 1 atom stereocenters. The molecule has 1 aromatic carbocycles. The van der Waals surface area contributed by atoms with E-state index in [1.54, 1.807) is 0 Å². The highest BCUT2D eigenvalue weighted by Gasteiger charge is 2.28. The van der Waals surface area contributed by atoms with Gasteiger partial charge >= 0.3 is 0 Å². The van der Waals surface area contributed by atoms with Crippen LogP contribution in [0.3, 0.4) is 0 Å². The van der Waals surface area contributed by atoms with Crippen LogP contribution < -0.4 is 10.6 Å². The Labute approximate surface area is 116 Å². The largest absolute Gasteiger partial charge is 0.352 e. The molecule has 0 radical (unpaired) electrons. The predicted molar refractivity (Wildman–Crippen MR) is 77.2 cm³/mol. The van der Waals surface area contributed by atoms with Crippen molar-refractivity contribution >= 4 is 29.3 Å². The second kappa shape index (κ2) is 5.93. The van der Waals surface area contributed by atoms with Crippen molar-refractivity contribution in [3.63, 3.8) is 0 Å². The lowest BCUT2D eigenvalue weighted by atomic mass is 10.2. The van der Waals surface area contributed by atoms with Gasteiger partial charge in [-0.25, -0.2) is 0 Å². The number of hydrogen-bond donors (Lipinski definition) is 2.